The molecule has 0 N–H and O–H groups in total. The molecule has 1 heterocycles. The molecule has 0 radical (unpaired) electrons. The molecule has 0 bridgehead atoms. The molecule has 0 aliphatic heterocycles. The summed E-state index contributed by atoms with van der Waals surface area (Å²) < 4.78 is 22.7. The van der Waals surface area contributed by atoms with Crippen LogP contribution in [0.15, 0.2) is 34.9 Å². The van der Waals surface area contributed by atoms with Crippen LogP contribution in [0.4, 0.5) is 4.39 Å². The van der Waals surface area contributed by atoms with Gasteiger partial charge in [0.1, 0.15) is 24.4 Å². The minimum atomic E-state index is -0.369. The normalized spacial score (nSPS) is 10.8. The van der Waals surface area contributed by atoms with E-state index in [4.69, 9.17) is 9.15 Å². The van der Waals surface area contributed by atoms with Gasteiger partial charge in [0.2, 0.25) is 5.89 Å². The lowest BCUT2D eigenvalue weighted by molar-refractivity contribution is -0.142. The molecular weight excluding hydrogens is 249 g/mol. The van der Waals surface area contributed by atoms with E-state index >= 15 is 0 Å². The van der Waals surface area contributed by atoms with Gasteiger partial charge in [0.05, 0.1) is 0 Å². The van der Waals surface area contributed by atoms with E-state index in [1.54, 1.807) is 24.3 Å². The Labute approximate surface area is 109 Å². The molecule has 0 aliphatic carbocycles. The summed E-state index contributed by atoms with van der Waals surface area (Å²) in [7, 11) is 0. The smallest absolute Gasteiger partial charge is 0.303 e. The van der Waals surface area contributed by atoms with Gasteiger partial charge < -0.3 is 9.15 Å². The highest BCUT2D eigenvalue weighted by Crippen LogP contribution is 2.10. The van der Waals surface area contributed by atoms with Crippen molar-refractivity contribution < 1.29 is 18.3 Å². The van der Waals surface area contributed by atoms with Crippen LogP contribution in [0.3, 0.4) is 0 Å². The number of aromatic nitrogens is 1. The molecule has 0 aliphatic rings. The Morgan fingerprint density at radius 3 is 2.79 bits per heavy atom. The van der Waals surface area contributed by atoms with Crippen molar-refractivity contribution in [3.05, 3.63) is 53.5 Å². The SMILES string of the molecule is CC(=O)OCc1coc(C=Cc2ccc(F)cc2)n1. The number of carbonyl (C=O) groups is 1. The average molecular weight is 261 g/mol. The monoisotopic (exact) mass is 261 g/mol. The van der Waals surface area contributed by atoms with Gasteiger partial charge in [0.25, 0.3) is 0 Å². The number of esters is 1. The van der Waals surface area contributed by atoms with Gasteiger partial charge in [0, 0.05) is 13.0 Å². The fourth-order valence-corrected chi connectivity index (χ4v) is 1.38. The molecule has 0 amide bonds. The zero-order chi connectivity index (χ0) is 13.7. The average Bonchev–Trinajstić information content (AvgIpc) is 2.84. The number of carbonyl (C=O) groups excluding carboxylic acids is 1. The van der Waals surface area contributed by atoms with Crippen molar-refractivity contribution in [3.8, 4) is 0 Å². The first-order chi connectivity index (χ1) is 9.13. The summed E-state index contributed by atoms with van der Waals surface area (Å²) >= 11 is 0. The molecule has 0 unspecified atom stereocenters. The molecular formula is C14H12FNO3. The third-order valence-corrected chi connectivity index (χ3v) is 2.28. The van der Waals surface area contributed by atoms with E-state index in [-0.39, 0.29) is 18.4 Å². The maximum Gasteiger partial charge on any atom is 0.303 e. The molecule has 4 nitrogen and oxygen atoms in total. The van der Waals surface area contributed by atoms with E-state index < -0.39 is 0 Å². The van der Waals surface area contributed by atoms with Crippen LogP contribution >= 0.6 is 0 Å². The Balaban J connectivity index is 1.99. The molecule has 19 heavy (non-hydrogen) atoms. The van der Waals surface area contributed by atoms with Gasteiger partial charge in [-0.25, -0.2) is 9.37 Å². The number of rotatable bonds is 4. The third kappa shape index (κ3) is 4.06. The fraction of sp³-hybridized carbons (Fsp3) is 0.143. The number of oxazole rings is 1. The Hall–Kier alpha value is -2.43. The van der Waals surface area contributed by atoms with Gasteiger partial charge >= 0.3 is 5.97 Å². The van der Waals surface area contributed by atoms with E-state index in [9.17, 15) is 9.18 Å². The van der Waals surface area contributed by atoms with Crippen LogP contribution in [0, 0.1) is 5.82 Å². The maximum absolute atomic E-state index is 12.7. The van der Waals surface area contributed by atoms with Crippen molar-refractivity contribution in [2.45, 2.75) is 13.5 Å². The van der Waals surface area contributed by atoms with E-state index in [1.165, 1.54) is 25.3 Å². The first-order valence-corrected chi connectivity index (χ1v) is 5.65. The summed E-state index contributed by atoms with van der Waals surface area (Å²) in [4.78, 5) is 14.7. The predicted octanol–water partition coefficient (Wildman–Crippen LogP) is 3.05. The zero-order valence-corrected chi connectivity index (χ0v) is 10.3. The number of halogens is 1. The van der Waals surface area contributed by atoms with Crippen molar-refractivity contribution in [3.63, 3.8) is 0 Å². The van der Waals surface area contributed by atoms with E-state index in [0.717, 1.165) is 5.56 Å². The lowest BCUT2D eigenvalue weighted by atomic mass is 10.2. The lowest BCUT2D eigenvalue weighted by Gasteiger charge is -1.95. The number of hydrogen-bond donors (Lipinski definition) is 0. The third-order valence-electron chi connectivity index (χ3n) is 2.28. The van der Waals surface area contributed by atoms with Crippen LogP contribution in [-0.2, 0) is 16.1 Å². The van der Waals surface area contributed by atoms with Crippen LogP contribution in [0.5, 0.6) is 0 Å². The number of ether oxygens (including phenoxy) is 1. The Morgan fingerprint density at radius 1 is 1.37 bits per heavy atom. The Kier molecular flexibility index (Phi) is 4.07. The lowest BCUT2D eigenvalue weighted by Crippen LogP contribution is -1.98. The minimum Gasteiger partial charge on any atom is -0.459 e. The topological polar surface area (TPSA) is 52.3 Å². The van der Waals surface area contributed by atoms with Crippen molar-refractivity contribution in [2.75, 3.05) is 0 Å². The molecule has 0 saturated heterocycles. The number of benzene rings is 1. The summed E-state index contributed by atoms with van der Waals surface area (Å²) in [6.07, 6.45) is 4.83. The van der Waals surface area contributed by atoms with E-state index in [1.807, 2.05) is 0 Å². The molecule has 1 aromatic heterocycles. The van der Waals surface area contributed by atoms with Crippen molar-refractivity contribution in [1.82, 2.24) is 4.98 Å². The summed E-state index contributed by atoms with van der Waals surface area (Å²) in [6.45, 7) is 1.42. The summed E-state index contributed by atoms with van der Waals surface area (Å²) in [6, 6.07) is 6.05. The van der Waals surface area contributed by atoms with Gasteiger partial charge in [0.15, 0.2) is 0 Å². The molecule has 98 valence electrons. The molecule has 0 fully saturated rings. The van der Waals surface area contributed by atoms with Crippen LogP contribution in [0.2, 0.25) is 0 Å². The first kappa shape index (κ1) is 13.0. The molecule has 5 heteroatoms. The standard InChI is InChI=1S/C14H12FNO3/c1-10(17)18-8-13-9-19-14(16-13)7-4-11-2-5-12(15)6-3-11/h2-7,9H,8H2,1H3. The minimum absolute atomic E-state index is 0.0865. The highest BCUT2D eigenvalue weighted by Gasteiger charge is 2.02. The second kappa shape index (κ2) is 5.95. The predicted molar refractivity (Wildman–Crippen MR) is 67.3 cm³/mol. The van der Waals surface area contributed by atoms with Crippen LogP contribution in [-0.4, -0.2) is 11.0 Å². The van der Waals surface area contributed by atoms with E-state index in [0.29, 0.717) is 11.6 Å². The van der Waals surface area contributed by atoms with Crippen molar-refractivity contribution in [1.29, 1.82) is 0 Å². The van der Waals surface area contributed by atoms with Crippen LogP contribution in [0.1, 0.15) is 24.1 Å². The molecule has 0 spiro atoms. The molecule has 0 atom stereocenters. The second-order valence-electron chi connectivity index (χ2n) is 3.84. The maximum atomic E-state index is 12.7. The molecule has 2 aromatic rings. The number of nitrogens with zero attached hydrogens (tertiary/aromatic N) is 1. The van der Waals surface area contributed by atoms with Crippen LogP contribution < -0.4 is 0 Å². The highest BCUT2D eigenvalue weighted by molar-refractivity contribution is 5.66. The molecule has 0 saturated carbocycles. The van der Waals surface area contributed by atoms with Gasteiger partial charge in [-0.05, 0) is 23.8 Å². The van der Waals surface area contributed by atoms with Gasteiger partial charge in [-0.2, -0.15) is 0 Å². The van der Waals surface area contributed by atoms with E-state index in [2.05, 4.69) is 4.98 Å². The van der Waals surface area contributed by atoms with Crippen LogP contribution in [0.25, 0.3) is 12.2 Å². The first-order valence-electron chi connectivity index (χ1n) is 5.65. The summed E-state index contributed by atoms with van der Waals surface area (Å²) in [5, 5.41) is 0. The number of hydrogen-bond acceptors (Lipinski definition) is 4. The van der Waals surface area contributed by atoms with Crippen molar-refractivity contribution >= 4 is 18.1 Å². The zero-order valence-electron chi connectivity index (χ0n) is 10.3. The molecule has 1 aromatic carbocycles. The quantitative estimate of drug-likeness (QED) is 0.794. The van der Waals surface area contributed by atoms with Gasteiger partial charge in [-0.15, -0.1) is 0 Å². The summed E-state index contributed by atoms with van der Waals surface area (Å²) in [5.74, 6) is -0.255. The van der Waals surface area contributed by atoms with Crippen molar-refractivity contribution in [2.24, 2.45) is 0 Å². The molecule has 2 rings (SSSR count). The largest absolute Gasteiger partial charge is 0.459 e. The second-order valence-corrected chi connectivity index (χ2v) is 3.84. The fourth-order valence-electron chi connectivity index (χ4n) is 1.38. The Bertz CT molecular complexity index is 587. The van der Waals surface area contributed by atoms with Gasteiger partial charge in [-0.1, -0.05) is 12.1 Å². The summed E-state index contributed by atoms with van der Waals surface area (Å²) in [5.41, 5.74) is 1.37. The Morgan fingerprint density at radius 2 is 2.11 bits per heavy atom. The van der Waals surface area contributed by atoms with Gasteiger partial charge in [-0.3, -0.25) is 4.79 Å². The highest BCUT2D eigenvalue weighted by atomic mass is 19.1.